The summed E-state index contributed by atoms with van der Waals surface area (Å²) >= 11 is 11.7. The molecule has 0 saturated heterocycles. The van der Waals surface area contributed by atoms with E-state index < -0.39 is 0 Å². The van der Waals surface area contributed by atoms with Gasteiger partial charge in [-0.2, -0.15) is 5.10 Å². The Morgan fingerprint density at radius 1 is 1.35 bits per heavy atom. The highest BCUT2D eigenvalue weighted by molar-refractivity contribution is 6.35. The van der Waals surface area contributed by atoms with Crippen LogP contribution >= 0.6 is 23.2 Å². The van der Waals surface area contributed by atoms with E-state index >= 15 is 0 Å². The summed E-state index contributed by atoms with van der Waals surface area (Å²) in [6, 6.07) is 6.37. The Kier molecular flexibility index (Phi) is 4.65. The van der Waals surface area contributed by atoms with Crippen molar-refractivity contribution in [1.82, 2.24) is 4.98 Å². The van der Waals surface area contributed by atoms with Crippen molar-refractivity contribution in [3.8, 4) is 11.5 Å². The number of phenols is 1. The average Bonchev–Trinajstić information content (AvgIpc) is 2.43. The third kappa shape index (κ3) is 3.53. The van der Waals surface area contributed by atoms with Crippen LogP contribution in [0.15, 0.2) is 35.6 Å². The van der Waals surface area contributed by atoms with Gasteiger partial charge < -0.3 is 9.84 Å². The number of hydrogen-bond acceptors (Lipinski definition) is 5. The summed E-state index contributed by atoms with van der Waals surface area (Å²) < 4.78 is 5.07. The molecular formula is C13H11Cl2N3O2. The SMILES string of the molecule is COc1ccc(O)c(C=NNc2ncc(Cl)cc2Cl)c1. The lowest BCUT2D eigenvalue weighted by molar-refractivity contribution is 0.412. The molecule has 7 heteroatoms. The molecule has 0 aliphatic carbocycles. The molecular weight excluding hydrogens is 301 g/mol. The second-order valence-corrected chi connectivity index (χ2v) is 4.62. The zero-order valence-electron chi connectivity index (χ0n) is 10.5. The van der Waals surface area contributed by atoms with Gasteiger partial charge in [-0.15, -0.1) is 0 Å². The first-order chi connectivity index (χ1) is 9.60. The van der Waals surface area contributed by atoms with Gasteiger partial charge in [0.2, 0.25) is 0 Å². The molecule has 0 bridgehead atoms. The molecule has 5 nitrogen and oxygen atoms in total. The summed E-state index contributed by atoms with van der Waals surface area (Å²) in [6.07, 6.45) is 2.89. The number of methoxy groups -OCH3 is 1. The van der Waals surface area contributed by atoms with Crippen LogP contribution in [-0.4, -0.2) is 23.4 Å². The molecule has 0 amide bonds. The highest BCUT2D eigenvalue weighted by Crippen LogP contribution is 2.23. The molecule has 0 aliphatic heterocycles. The first kappa shape index (κ1) is 14.4. The molecule has 0 saturated carbocycles. The molecule has 1 aromatic carbocycles. The number of phenolic OH excluding ortho intramolecular Hbond substituents is 1. The standard InChI is InChI=1S/C13H11Cl2N3O2/c1-20-10-2-3-12(19)8(4-10)6-17-18-13-11(15)5-9(14)7-16-13/h2-7,19H,1H3,(H,16,18). The number of aromatic hydroxyl groups is 1. The van der Waals surface area contributed by atoms with Gasteiger partial charge in [-0.25, -0.2) is 4.98 Å². The third-order valence-electron chi connectivity index (χ3n) is 2.42. The van der Waals surface area contributed by atoms with Crippen LogP contribution in [0.5, 0.6) is 11.5 Å². The van der Waals surface area contributed by atoms with E-state index in [0.29, 0.717) is 27.2 Å². The zero-order valence-corrected chi connectivity index (χ0v) is 12.0. The summed E-state index contributed by atoms with van der Waals surface area (Å²) in [6.45, 7) is 0. The van der Waals surface area contributed by atoms with Crippen LogP contribution in [0.3, 0.4) is 0 Å². The number of nitrogens with zero attached hydrogens (tertiary/aromatic N) is 2. The van der Waals surface area contributed by atoms with Crippen LogP contribution in [0.2, 0.25) is 10.0 Å². The molecule has 0 unspecified atom stereocenters. The normalized spacial score (nSPS) is 10.8. The van der Waals surface area contributed by atoms with E-state index in [4.69, 9.17) is 27.9 Å². The van der Waals surface area contributed by atoms with Crippen LogP contribution in [0, 0.1) is 0 Å². The van der Waals surface area contributed by atoms with Gasteiger partial charge in [0.15, 0.2) is 5.82 Å². The molecule has 0 aliphatic rings. The van der Waals surface area contributed by atoms with Crippen molar-refractivity contribution in [2.75, 3.05) is 12.5 Å². The van der Waals surface area contributed by atoms with Gasteiger partial charge >= 0.3 is 0 Å². The zero-order chi connectivity index (χ0) is 14.5. The first-order valence-corrected chi connectivity index (χ1v) is 6.33. The fourth-order valence-corrected chi connectivity index (χ4v) is 1.85. The van der Waals surface area contributed by atoms with Crippen LogP contribution in [0.25, 0.3) is 0 Å². The lowest BCUT2D eigenvalue weighted by atomic mass is 10.2. The summed E-state index contributed by atoms with van der Waals surface area (Å²) in [4.78, 5) is 3.99. The molecule has 2 N–H and O–H groups in total. The van der Waals surface area contributed by atoms with E-state index in [0.717, 1.165) is 0 Å². The summed E-state index contributed by atoms with van der Waals surface area (Å²) in [5.74, 6) is 1.08. The first-order valence-electron chi connectivity index (χ1n) is 5.57. The number of ether oxygens (including phenoxy) is 1. The van der Waals surface area contributed by atoms with Crippen molar-refractivity contribution < 1.29 is 9.84 Å². The van der Waals surface area contributed by atoms with Crippen molar-refractivity contribution in [1.29, 1.82) is 0 Å². The third-order valence-corrected chi connectivity index (χ3v) is 2.91. The molecule has 2 rings (SSSR count). The minimum Gasteiger partial charge on any atom is -0.507 e. The Balaban J connectivity index is 2.13. The number of hydrogen-bond donors (Lipinski definition) is 2. The number of rotatable bonds is 4. The van der Waals surface area contributed by atoms with Crippen molar-refractivity contribution in [3.63, 3.8) is 0 Å². The number of aromatic nitrogens is 1. The van der Waals surface area contributed by atoms with Gasteiger partial charge in [0.25, 0.3) is 0 Å². The maximum absolute atomic E-state index is 9.68. The number of benzene rings is 1. The number of pyridine rings is 1. The minimum atomic E-state index is 0.0894. The summed E-state index contributed by atoms with van der Waals surface area (Å²) in [5, 5.41) is 14.4. The molecule has 104 valence electrons. The molecule has 1 aromatic heterocycles. The fraction of sp³-hybridized carbons (Fsp3) is 0.0769. The van der Waals surface area contributed by atoms with Gasteiger partial charge in [0.05, 0.1) is 23.4 Å². The lowest BCUT2D eigenvalue weighted by Gasteiger charge is -2.04. The minimum absolute atomic E-state index is 0.0894. The number of anilines is 1. The van der Waals surface area contributed by atoms with Crippen LogP contribution in [-0.2, 0) is 0 Å². The Labute approximate surface area is 125 Å². The molecule has 1 heterocycles. The predicted octanol–water partition coefficient (Wildman–Crippen LogP) is 3.55. The highest BCUT2D eigenvalue weighted by atomic mass is 35.5. The van der Waals surface area contributed by atoms with E-state index in [2.05, 4.69) is 15.5 Å². The van der Waals surface area contributed by atoms with E-state index in [1.165, 1.54) is 18.5 Å². The van der Waals surface area contributed by atoms with Gasteiger partial charge in [0.1, 0.15) is 11.5 Å². The quantitative estimate of drug-likeness (QED) is 0.669. The molecule has 0 atom stereocenters. The second-order valence-electron chi connectivity index (χ2n) is 3.78. The topological polar surface area (TPSA) is 66.7 Å². The van der Waals surface area contributed by atoms with E-state index in [-0.39, 0.29) is 5.75 Å². The Morgan fingerprint density at radius 3 is 2.85 bits per heavy atom. The molecule has 20 heavy (non-hydrogen) atoms. The van der Waals surface area contributed by atoms with Crippen molar-refractivity contribution in [2.45, 2.75) is 0 Å². The van der Waals surface area contributed by atoms with Gasteiger partial charge in [-0.05, 0) is 24.3 Å². The monoisotopic (exact) mass is 311 g/mol. The second kappa shape index (κ2) is 6.45. The van der Waals surface area contributed by atoms with Crippen molar-refractivity contribution >= 4 is 35.2 Å². The van der Waals surface area contributed by atoms with E-state index in [1.807, 2.05) is 0 Å². The average molecular weight is 312 g/mol. The van der Waals surface area contributed by atoms with E-state index in [9.17, 15) is 5.11 Å². The number of hydrazone groups is 1. The van der Waals surface area contributed by atoms with Crippen LogP contribution in [0.4, 0.5) is 5.82 Å². The summed E-state index contributed by atoms with van der Waals surface area (Å²) in [5.41, 5.74) is 3.17. The van der Waals surface area contributed by atoms with Crippen molar-refractivity contribution in [3.05, 3.63) is 46.1 Å². The molecule has 2 aromatic rings. The lowest BCUT2D eigenvalue weighted by Crippen LogP contribution is -1.95. The molecule has 0 radical (unpaired) electrons. The summed E-state index contributed by atoms with van der Waals surface area (Å²) in [7, 11) is 1.54. The fourth-order valence-electron chi connectivity index (χ4n) is 1.42. The van der Waals surface area contributed by atoms with E-state index in [1.54, 1.807) is 25.3 Å². The Morgan fingerprint density at radius 2 is 2.15 bits per heavy atom. The van der Waals surface area contributed by atoms with Crippen LogP contribution in [0.1, 0.15) is 5.56 Å². The molecule has 0 spiro atoms. The van der Waals surface area contributed by atoms with Gasteiger partial charge in [-0.3, -0.25) is 5.43 Å². The molecule has 0 fully saturated rings. The largest absolute Gasteiger partial charge is 0.507 e. The maximum atomic E-state index is 9.68. The smallest absolute Gasteiger partial charge is 0.165 e. The van der Waals surface area contributed by atoms with Gasteiger partial charge in [-0.1, -0.05) is 23.2 Å². The van der Waals surface area contributed by atoms with Crippen LogP contribution < -0.4 is 10.2 Å². The van der Waals surface area contributed by atoms with Gasteiger partial charge in [0, 0.05) is 11.8 Å². The predicted molar refractivity (Wildman–Crippen MR) is 80.1 cm³/mol. The number of nitrogens with one attached hydrogen (secondary N) is 1. The highest BCUT2D eigenvalue weighted by Gasteiger charge is 2.02. The van der Waals surface area contributed by atoms with Crippen molar-refractivity contribution in [2.24, 2.45) is 5.10 Å². The maximum Gasteiger partial charge on any atom is 0.165 e. The number of halogens is 2. The Hall–Kier alpha value is -1.98. The Bertz CT molecular complexity index is 648.